The van der Waals surface area contributed by atoms with Gasteiger partial charge in [0.25, 0.3) is 0 Å². The van der Waals surface area contributed by atoms with Crippen LogP contribution in [0.4, 0.5) is 0 Å². The molecule has 0 amide bonds. The molecule has 0 bridgehead atoms. The number of ether oxygens (including phenoxy) is 2. The Labute approximate surface area is 124 Å². The summed E-state index contributed by atoms with van der Waals surface area (Å²) in [5.74, 6) is 1.44. The first kappa shape index (κ1) is 14.3. The molecule has 0 aliphatic rings. The lowest BCUT2D eigenvalue weighted by Gasteiger charge is -2.13. The molecular weight excluding hydrogens is 328 g/mol. The van der Waals surface area contributed by atoms with Crippen LogP contribution in [0, 0.1) is 0 Å². The minimum Gasteiger partial charge on any atom is -0.493 e. The maximum absolute atomic E-state index is 5.81. The first-order valence-electron chi connectivity index (χ1n) is 5.75. The van der Waals surface area contributed by atoms with Crippen LogP contribution in [0.1, 0.15) is 10.4 Å². The van der Waals surface area contributed by atoms with Gasteiger partial charge in [-0.25, -0.2) is 0 Å². The molecule has 2 rings (SSSR count). The van der Waals surface area contributed by atoms with Gasteiger partial charge < -0.3 is 14.8 Å². The first-order chi connectivity index (χ1) is 9.24. The molecule has 0 saturated heterocycles. The third-order valence-electron chi connectivity index (χ3n) is 2.51. The van der Waals surface area contributed by atoms with E-state index >= 15 is 0 Å². The molecule has 0 fully saturated rings. The van der Waals surface area contributed by atoms with Crippen LogP contribution >= 0.6 is 27.3 Å². The van der Waals surface area contributed by atoms with Crippen LogP contribution in [-0.4, -0.2) is 19.1 Å². The van der Waals surface area contributed by atoms with E-state index in [1.165, 1.54) is 0 Å². The molecule has 0 radical (unpaired) electrons. The van der Waals surface area contributed by atoms with E-state index < -0.39 is 0 Å². The number of halogens is 1. The number of nitrogens with one attached hydrogen (secondary N) is 1. The van der Waals surface area contributed by atoms with Crippen molar-refractivity contribution < 1.29 is 9.47 Å². The van der Waals surface area contributed by atoms with Crippen molar-refractivity contribution in [2.75, 3.05) is 14.2 Å². The number of nitrogens with zero attached hydrogens (tertiary/aromatic N) is 1. The molecule has 1 aromatic carbocycles. The van der Waals surface area contributed by atoms with E-state index in [1.54, 1.807) is 30.2 Å². The van der Waals surface area contributed by atoms with Crippen LogP contribution < -0.4 is 14.8 Å². The fourth-order valence-corrected chi connectivity index (χ4v) is 2.79. The van der Waals surface area contributed by atoms with Gasteiger partial charge in [0.2, 0.25) is 0 Å². The molecule has 0 unspecified atom stereocenters. The van der Waals surface area contributed by atoms with Crippen LogP contribution in [-0.2, 0) is 13.2 Å². The Hall–Kier alpha value is -1.11. The molecule has 0 atom stereocenters. The standard InChI is InChI=1S/C13H15BrN2O2S/c1-15-5-9-3-11(14)13(12(4-9)17-2)18-7-10-6-16-8-19-10/h3-4,6,8,15H,5,7H2,1-2H3. The SMILES string of the molecule is CNCc1cc(Br)c(OCc2cncs2)c(OC)c1. The van der Waals surface area contributed by atoms with Gasteiger partial charge in [-0.1, -0.05) is 0 Å². The zero-order chi connectivity index (χ0) is 13.7. The van der Waals surface area contributed by atoms with Gasteiger partial charge in [0, 0.05) is 12.7 Å². The van der Waals surface area contributed by atoms with Crippen molar-refractivity contribution in [3.05, 3.63) is 38.8 Å². The predicted octanol–water partition coefficient (Wildman–Crippen LogP) is 3.21. The highest BCUT2D eigenvalue weighted by Gasteiger charge is 2.12. The summed E-state index contributed by atoms with van der Waals surface area (Å²) in [5.41, 5.74) is 2.93. The largest absolute Gasteiger partial charge is 0.493 e. The smallest absolute Gasteiger partial charge is 0.175 e. The lowest BCUT2D eigenvalue weighted by Crippen LogP contribution is -2.06. The topological polar surface area (TPSA) is 43.4 Å². The number of hydrogen-bond acceptors (Lipinski definition) is 5. The minimum atomic E-state index is 0.491. The van der Waals surface area contributed by atoms with Gasteiger partial charge in [-0.15, -0.1) is 11.3 Å². The summed E-state index contributed by atoms with van der Waals surface area (Å²) in [6, 6.07) is 4.00. The van der Waals surface area contributed by atoms with Gasteiger partial charge in [-0.3, -0.25) is 4.98 Å². The molecule has 6 heteroatoms. The number of rotatable bonds is 6. The van der Waals surface area contributed by atoms with Crippen molar-refractivity contribution in [1.29, 1.82) is 0 Å². The average Bonchev–Trinajstić information content (AvgIpc) is 2.90. The number of methoxy groups -OCH3 is 1. The van der Waals surface area contributed by atoms with Crippen LogP contribution in [0.15, 0.2) is 28.3 Å². The lowest BCUT2D eigenvalue weighted by atomic mass is 10.2. The lowest BCUT2D eigenvalue weighted by molar-refractivity contribution is 0.285. The van der Waals surface area contributed by atoms with E-state index in [1.807, 2.05) is 19.2 Å². The van der Waals surface area contributed by atoms with Crippen molar-refractivity contribution >= 4 is 27.3 Å². The van der Waals surface area contributed by atoms with Gasteiger partial charge in [0.15, 0.2) is 11.5 Å². The third kappa shape index (κ3) is 3.68. The predicted molar refractivity (Wildman–Crippen MR) is 79.9 cm³/mol. The summed E-state index contributed by atoms with van der Waals surface area (Å²) in [6.45, 7) is 1.27. The van der Waals surface area contributed by atoms with Crippen molar-refractivity contribution in [3.63, 3.8) is 0 Å². The Balaban J connectivity index is 2.18. The van der Waals surface area contributed by atoms with Gasteiger partial charge in [-0.2, -0.15) is 0 Å². The van der Waals surface area contributed by atoms with Crippen LogP contribution in [0.3, 0.4) is 0 Å². The Morgan fingerprint density at radius 2 is 2.26 bits per heavy atom. The van der Waals surface area contributed by atoms with Gasteiger partial charge in [0.1, 0.15) is 6.61 Å². The molecular formula is C13H15BrN2O2S. The van der Waals surface area contributed by atoms with Gasteiger partial charge in [-0.05, 0) is 40.7 Å². The molecule has 19 heavy (non-hydrogen) atoms. The molecule has 0 saturated carbocycles. The van der Waals surface area contributed by atoms with Gasteiger partial charge in [0.05, 0.1) is 22.0 Å². The summed E-state index contributed by atoms with van der Waals surface area (Å²) in [6.07, 6.45) is 1.81. The van der Waals surface area contributed by atoms with Crippen molar-refractivity contribution in [3.8, 4) is 11.5 Å². The molecule has 4 nitrogen and oxygen atoms in total. The van der Waals surface area contributed by atoms with E-state index in [-0.39, 0.29) is 0 Å². The van der Waals surface area contributed by atoms with E-state index in [4.69, 9.17) is 9.47 Å². The molecule has 1 N–H and O–H groups in total. The first-order valence-corrected chi connectivity index (χ1v) is 7.43. The van der Waals surface area contributed by atoms with E-state index in [2.05, 4.69) is 26.2 Å². The van der Waals surface area contributed by atoms with Crippen molar-refractivity contribution in [2.24, 2.45) is 0 Å². The Kier molecular flexibility index (Phi) is 5.18. The maximum atomic E-state index is 5.81. The molecule has 1 heterocycles. The highest BCUT2D eigenvalue weighted by molar-refractivity contribution is 9.10. The van der Waals surface area contributed by atoms with Crippen molar-refractivity contribution in [1.82, 2.24) is 10.3 Å². The van der Waals surface area contributed by atoms with Crippen LogP contribution in [0.5, 0.6) is 11.5 Å². The molecule has 1 aromatic heterocycles. The second-order valence-corrected chi connectivity index (χ2v) is 5.72. The summed E-state index contributed by atoms with van der Waals surface area (Å²) in [7, 11) is 3.55. The Morgan fingerprint density at radius 3 is 2.89 bits per heavy atom. The van der Waals surface area contributed by atoms with E-state index in [0.717, 1.165) is 33.0 Å². The number of thiazole rings is 1. The Bertz CT molecular complexity index is 532. The average molecular weight is 343 g/mol. The molecule has 0 aliphatic heterocycles. The fraction of sp³-hybridized carbons (Fsp3) is 0.308. The quantitative estimate of drug-likeness (QED) is 0.875. The monoisotopic (exact) mass is 342 g/mol. The number of benzene rings is 1. The third-order valence-corrected chi connectivity index (χ3v) is 3.85. The highest BCUT2D eigenvalue weighted by Crippen LogP contribution is 2.37. The summed E-state index contributed by atoms with van der Waals surface area (Å²) in [5, 5.41) is 3.11. The molecule has 0 aliphatic carbocycles. The molecule has 2 aromatic rings. The van der Waals surface area contributed by atoms with Crippen LogP contribution in [0.2, 0.25) is 0 Å². The minimum absolute atomic E-state index is 0.491. The second-order valence-electron chi connectivity index (χ2n) is 3.90. The maximum Gasteiger partial charge on any atom is 0.175 e. The zero-order valence-electron chi connectivity index (χ0n) is 10.8. The summed E-state index contributed by atoms with van der Waals surface area (Å²) in [4.78, 5) is 5.10. The second kappa shape index (κ2) is 6.88. The molecule has 0 spiro atoms. The molecule has 102 valence electrons. The van der Waals surface area contributed by atoms with E-state index in [9.17, 15) is 0 Å². The number of hydrogen-bond donors (Lipinski definition) is 1. The number of aromatic nitrogens is 1. The van der Waals surface area contributed by atoms with Crippen molar-refractivity contribution in [2.45, 2.75) is 13.2 Å². The summed E-state index contributed by atoms with van der Waals surface area (Å²) < 4.78 is 12.1. The normalized spacial score (nSPS) is 10.5. The van der Waals surface area contributed by atoms with E-state index in [0.29, 0.717) is 6.61 Å². The highest BCUT2D eigenvalue weighted by atomic mass is 79.9. The Morgan fingerprint density at radius 1 is 1.42 bits per heavy atom. The van der Waals surface area contributed by atoms with Crippen LogP contribution in [0.25, 0.3) is 0 Å². The zero-order valence-corrected chi connectivity index (χ0v) is 13.2. The summed E-state index contributed by atoms with van der Waals surface area (Å²) >= 11 is 5.10. The van der Waals surface area contributed by atoms with Gasteiger partial charge >= 0.3 is 0 Å². The fourth-order valence-electron chi connectivity index (χ4n) is 1.68.